The molecule has 0 bridgehead atoms. The number of ketones is 3. The smallest absolute Gasteiger partial charge is 0.257 e. The van der Waals surface area contributed by atoms with E-state index in [1.165, 1.54) is 17.0 Å². The van der Waals surface area contributed by atoms with Crippen LogP contribution in [-0.4, -0.2) is 76.2 Å². The third-order valence-corrected chi connectivity index (χ3v) is 10.4. The van der Waals surface area contributed by atoms with Crippen LogP contribution in [0.5, 0.6) is 0 Å². The second-order valence-corrected chi connectivity index (χ2v) is 15.9. The van der Waals surface area contributed by atoms with E-state index in [0.29, 0.717) is 19.3 Å². The number of nitrogens with two attached hydrogens (primary N) is 1. The maximum absolute atomic E-state index is 14.7. The molecule has 2 aromatic carbocycles. The van der Waals surface area contributed by atoms with Crippen molar-refractivity contribution in [2.45, 2.75) is 128 Å². The minimum Gasteiger partial charge on any atom is -0.371 e. The van der Waals surface area contributed by atoms with E-state index < -0.39 is 119 Å². The molecule has 1 aliphatic heterocycles. The first kappa shape index (κ1) is 44.8. The molecule has 1 saturated carbocycles. The number of hydrogen-bond donors (Lipinski definition) is 3. The molecule has 0 aromatic heterocycles. The molecule has 4 amide bonds. The summed E-state index contributed by atoms with van der Waals surface area (Å²) in [4.78, 5) is 94.8. The number of ether oxygens (including phenoxy) is 1. The minimum atomic E-state index is -1.38. The van der Waals surface area contributed by atoms with Crippen molar-refractivity contribution >= 4 is 41.0 Å². The van der Waals surface area contributed by atoms with Gasteiger partial charge in [-0.3, -0.25) is 33.6 Å². The van der Waals surface area contributed by atoms with Crippen LogP contribution in [0.3, 0.4) is 0 Å². The van der Waals surface area contributed by atoms with E-state index in [1.807, 2.05) is 20.8 Å². The lowest BCUT2D eigenvalue weighted by Crippen LogP contribution is -2.55. The van der Waals surface area contributed by atoms with Crippen molar-refractivity contribution in [1.82, 2.24) is 15.5 Å². The molecule has 0 spiro atoms. The Morgan fingerprint density at radius 3 is 2.16 bits per heavy atom. The van der Waals surface area contributed by atoms with Crippen molar-refractivity contribution in [1.29, 1.82) is 0 Å². The Kier molecular flexibility index (Phi) is 15.7. The summed E-state index contributed by atoms with van der Waals surface area (Å²) in [6, 6.07) is 4.25. The molecule has 1 heterocycles. The summed E-state index contributed by atoms with van der Waals surface area (Å²) in [7, 11) is 0. The Hall–Kier alpha value is -4.92. The summed E-state index contributed by atoms with van der Waals surface area (Å²) in [6.45, 7) is 7.20. The summed E-state index contributed by atoms with van der Waals surface area (Å²) >= 11 is 0. The number of primary amides is 1. The standard InChI is InChI=1S/C42H53F3N4O8/c1-5-11-26(38(53)32(50)18-19-34(52)47-36(39(46)54)25-14-9-15-27(43)20-25)21-33(51)31-22-28(57-42(2,3)4)23-49(31)41(56)37(24-12-7-6-8-13-24)48-40(55)35-29(44)16-10-17-30(35)45/h9-10,14-17,20,24,26,28,31,36-37H,5-8,11-13,18-19,21-23H2,1-4H3,(H2,46,54)(H,47,52)(H,48,55)/t26?,28-,31+,36?,37+/m1/s1. The van der Waals surface area contributed by atoms with E-state index in [2.05, 4.69) is 10.6 Å². The molecule has 2 unspecified atom stereocenters. The van der Waals surface area contributed by atoms with Crippen molar-refractivity contribution < 1.29 is 51.5 Å². The molecule has 1 aliphatic carbocycles. The molecule has 57 heavy (non-hydrogen) atoms. The molecule has 1 saturated heterocycles. The third-order valence-electron chi connectivity index (χ3n) is 10.4. The van der Waals surface area contributed by atoms with Gasteiger partial charge in [0.15, 0.2) is 11.6 Å². The lowest BCUT2D eigenvalue weighted by molar-refractivity contribution is -0.143. The Labute approximate surface area is 330 Å². The van der Waals surface area contributed by atoms with Crippen LogP contribution in [0.15, 0.2) is 42.5 Å². The molecule has 15 heteroatoms. The topological polar surface area (TPSA) is 182 Å². The quantitative estimate of drug-likeness (QED) is 0.172. The number of nitrogens with zero attached hydrogens (tertiary/aromatic N) is 1. The van der Waals surface area contributed by atoms with Crippen LogP contribution in [0.4, 0.5) is 13.2 Å². The van der Waals surface area contributed by atoms with Gasteiger partial charge in [-0.05, 0) is 75.8 Å². The van der Waals surface area contributed by atoms with Crippen molar-refractivity contribution in [3.8, 4) is 0 Å². The molecule has 4 rings (SSSR count). The summed E-state index contributed by atoms with van der Waals surface area (Å²) < 4.78 is 49.3. The van der Waals surface area contributed by atoms with Crippen molar-refractivity contribution in [3.63, 3.8) is 0 Å². The van der Waals surface area contributed by atoms with E-state index in [1.54, 1.807) is 6.92 Å². The fourth-order valence-corrected chi connectivity index (χ4v) is 7.76. The highest BCUT2D eigenvalue weighted by atomic mass is 19.1. The molecule has 310 valence electrons. The van der Waals surface area contributed by atoms with Crippen LogP contribution in [0, 0.1) is 29.3 Å². The first-order chi connectivity index (χ1) is 26.9. The SMILES string of the molecule is CCCC(CC(=O)[C@@H]1C[C@@H](OC(C)(C)C)CN1C(=O)[C@@H](NC(=O)c1c(F)cccc1F)C1CCCCC1)C(=O)C(=O)CCC(=O)NC(C(N)=O)c1cccc(F)c1. The van der Waals surface area contributed by atoms with E-state index in [-0.39, 0.29) is 30.9 Å². The van der Waals surface area contributed by atoms with Gasteiger partial charge in [-0.25, -0.2) is 13.2 Å². The molecule has 0 radical (unpaired) electrons. The number of likely N-dealkylation sites (tertiary alicyclic amines) is 1. The monoisotopic (exact) mass is 798 g/mol. The molecule has 2 fully saturated rings. The Morgan fingerprint density at radius 2 is 1.56 bits per heavy atom. The van der Waals surface area contributed by atoms with Gasteiger partial charge in [0.25, 0.3) is 5.91 Å². The average Bonchev–Trinajstić information content (AvgIpc) is 3.57. The van der Waals surface area contributed by atoms with Crippen LogP contribution in [0.25, 0.3) is 0 Å². The van der Waals surface area contributed by atoms with Gasteiger partial charge in [-0.2, -0.15) is 0 Å². The maximum atomic E-state index is 14.7. The van der Waals surface area contributed by atoms with Gasteiger partial charge in [0.1, 0.15) is 35.1 Å². The molecule has 5 atom stereocenters. The second kappa shape index (κ2) is 20.0. The normalized spacial score (nSPS) is 19.0. The minimum absolute atomic E-state index is 0.0258. The Morgan fingerprint density at radius 1 is 0.912 bits per heavy atom. The highest BCUT2D eigenvalue weighted by Crippen LogP contribution is 2.33. The molecule has 4 N–H and O–H groups in total. The van der Waals surface area contributed by atoms with Crippen LogP contribution < -0.4 is 16.4 Å². The highest BCUT2D eigenvalue weighted by Gasteiger charge is 2.46. The van der Waals surface area contributed by atoms with E-state index in [9.17, 15) is 46.7 Å². The third kappa shape index (κ3) is 12.3. The number of rotatable bonds is 18. The largest absolute Gasteiger partial charge is 0.371 e. The van der Waals surface area contributed by atoms with Crippen molar-refractivity contribution in [2.75, 3.05) is 6.54 Å². The molecule has 2 aromatic rings. The second-order valence-electron chi connectivity index (χ2n) is 15.9. The lowest BCUT2D eigenvalue weighted by Gasteiger charge is -2.35. The van der Waals surface area contributed by atoms with Gasteiger partial charge in [-0.15, -0.1) is 0 Å². The maximum Gasteiger partial charge on any atom is 0.257 e. The zero-order valence-electron chi connectivity index (χ0n) is 32.9. The molecule has 2 aliphatic rings. The van der Waals surface area contributed by atoms with E-state index in [4.69, 9.17) is 10.5 Å². The first-order valence-electron chi connectivity index (χ1n) is 19.6. The zero-order chi connectivity index (χ0) is 42.0. The molecule has 12 nitrogen and oxygen atoms in total. The Balaban J connectivity index is 1.51. The predicted molar refractivity (Wildman–Crippen MR) is 203 cm³/mol. The molecular formula is C42H53F3N4O8. The van der Waals surface area contributed by atoms with Gasteiger partial charge in [-0.1, -0.05) is 50.8 Å². The summed E-state index contributed by atoms with van der Waals surface area (Å²) in [5.74, 6) is -10.0. The first-order valence-corrected chi connectivity index (χ1v) is 19.6. The summed E-state index contributed by atoms with van der Waals surface area (Å²) in [5, 5.41) is 4.96. The van der Waals surface area contributed by atoms with Crippen LogP contribution in [0.2, 0.25) is 0 Å². The van der Waals surface area contributed by atoms with Gasteiger partial charge in [0.2, 0.25) is 23.5 Å². The highest BCUT2D eigenvalue weighted by molar-refractivity contribution is 6.38. The number of nitrogens with one attached hydrogen (secondary N) is 2. The predicted octanol–water partition coefficient (Wildman–Crippen LogP) is 5.20. The van der Waals surface area contributed by atoms with Crippen LogP contribution in [0.1, 0.15) is 120 Å². The van der Waals surface area contributed by atoms with Crippen molar-refractivity contribution in [2.24, 2.45) is 17.6 Å². The molecular weight excluding hydrogens is 745 g/mol. The Bertz CT molecular complexity index is 1810. The lowest BCUT2D eigenvalue weighted by atomic mass is 9.82. The number of halogens is 3. The van der Waals surface area contributed by atoms with Gasteiger partial charge in [0, 0.05) is 38.1 Å². The van der Waals surface area contributed by atoms with Crippen molar-refractivity contribution in [3.05, 3.63) is 71.0 Å². The fourth-order valence-electron chi connectivity index (χ4n) is 7.76. The number of carbonyl (C=O) groups is 7. The number of hydrogen-bond acceptors (Lipinski definition) is 8. The number of benzene rings is 2. The zero-order valence-corrected chi connectivity index (χ0v) is 32.9. The number of amides is 4. The van der Waals surface area contributed by atoms with E-state index >= 15 is 0 Å². The van der Waals surface area contributed by atoms with Crippen LogP contribution in [-0.2, 0) is 33.5 Å². The van der Waals surface area contributed by atoms with Crippen LogP contribution >= 0.6 is 0 Å². The average molecular weight is 799 g/mol. The van der Waals surface area contributed by atoms with Gasteiger partial charge in [0.05, 0.1) is 17.7 Å². The summed E-state index contributed by atoms with van der Waals surface area (Å²) in [5.41, 5.74) is 4.03. The fraction of sp³-hybridized carbons (Fsp3) is 0.548. The number of carbonyl (C=O) groups excluding carboxylic acids is 7. The van der Waals surface area contributed by atoms with Gasteiger partial charge < -0.3 is 26.0 Å². The van der Waals surface area contributed by atoms with E-state index in [0.717, 1.165) is 49.6 Å². The number of Topliss-reactive ketones (excluding diaryl/α,β-unsaturated/α-hetero) is 3. The summed E-state index contributed by atoms with van der Waals surface area (Å²) in [6.07, 6.45) is 2.21. The van der Waals surface area contributed by atoms with Gasteiger partial charge >= 0.3 is 0 Å².